The first-order chi connectivity index (χ1) is 11.6. The predicted octanol–water partition coefficient (Wildman–Crippen LogP) is 4.37. The van der Waals surface area contributed by atoms with Gasteiger partial charge >= 0.3 is 0 Å². The third-order valence-electron chi connectivity index (χ3n) is 3.20. The van der Waals surface area contributed by atoms with Crippen LogP contribution < -0.4 is 9.47 Å². The molecule has 0 aliphatic rings. The van der Waals surface area contributed by atoms with Gasteiger partial charge in [0, 0.05) is 5.56 Å². The molecule has 0 bridgehead atoms. The topological polar surface area (TPSA) is 72.9 Å². The largest absolute Gasteiger partial charge is 0.493 e. The third kappa shape index (κ3) is 3.73. The van der Waals surface area contributed by atoms with Crippen molar-refractivity contribution in [2.75, 3.05) is 7.11 Å². The number of hydrogen-bond acceptors (Lipinski definition) is 5. The lowest BCUT2D eigenvalue weighted by molar-refractivity contribution is 0.282. The summed E-state index contributed by atoms with van der Waals surface area (Å²) in [7, 11) is 1.58. The van der Waals surface area contributed by atoms with Crippen LogP contribution >= 0.6 is 45.8 Å². The average Bonchev–Trinajstić information content (AvgIpc) is 3.10. The van der Waals surface area contributed by atoms with Crippen LogP contribution in [-0.2, 0) is 6.61 Å². The normalized spacial score (nSPS) is 10.7. The number of nitrogens with zero attached hydrogens (tertiary/aromatic N) is 3. The number of benzene rings is 2. The maximum Gasteiger partial charge on any atom is 0.204 e. The van der Waals surface area contributed by atoms with E-state index in [1.165, 1.54) is 0 Å². The Hall–Kier alpha value is -1.58. The average molecular weight is 477 g/mol. The molecule has 0 spiro atoms. The SMILES string of the molecule is COc1cc(-c2nn[nH]n2)cc(I)c1OCc1ccc(Cl)c(Cl)c1. The number of ether oxygens (including phenoxy) is 2. The van der Waals surface area contributed by atoms with Crippen LogP contribution in [0.25, 0.3) is 11.4 Å². The fourth-order valence-electron chi connectivity index (χ4n) is 2.06. The van der Waals surface area contributed by atoms with Crippen molar-refractivity contribution in [1.29, 1.82) is 0 Å². The van der Waals surface area contributed by atoms with Crippen molar-refractivity contribution in [3.8, 4) is 22.9 Å². The molecule has 1 heterocycles. The van der Waals surface area contributed by atoms with E-state index in [1.807, 2.05) is 12.1 Å². The number of H-pyrrole nitrogens is 1. The lowest BCUT2D eigenvalue weighted by Gasteiger charge is -2.14. The molecule has 1 N–H and O–H groups in total. The number of halogens is 3. The van der Waals surface area contributed by atoms with Gasteiger partial charge < -0.3 is 9.47 Å². The van der Waals surface area contributed by atoms with Gasteiger partial charge in [0.25, 0.3) is 0 Å². The number of hydrogen-bond donors (Lipinski definition) is 1. The molecular formula is C15H11Cl2IN4O2. The first kappa shape index (κ1) is 17.2. The lowest BCUT2D eigenvalue weighted by atomic mass is 10.2. The van der Waals surface area contributed by atoms with E-state index in [-0.39, 0.29) is 0 Å². The van der Waals surface area contributed by atoms with Crippen molar-refractivity contribution in [3.63, 3.8) is 0 Å². The van der Waals surface area contributed by atoms with Gasteiger partial charge in [-0.05, 0) is 57.6 Å². The molecule has 0 amide bonds. The van der Waals surface area contributed by atoms with Gasteiger partial charge in [0.05, 0.1) is 20.7 Å². The van der Waals surface area contributed by atoms with Crippen LogP contribution in [0.2, 0.25) is 10.0 Å². The van der Waals surface area contributed by atoms with E-state index >= 15 is 0 Å². The molecule has 9 heteroatoms. The number of tetrazole rings is 1. The van der Waals surface area contributed by atoms with Crippen LogP contribution in [0.15, 0.2) is 30.3 Å². The molecule has 6 nitrogen and oxygen atoms in total. The molecule has 3 aromatic rings. The zero-order valence-electron chi connectivity index (χ0n) is 12.4. The van der Waals surface area contributed by atoms with Crippen molar-refractivity contribution in [3.05, 3.63) is 49.5 Å². The molecule has 0 radical (unpaired) electrons. The number of aromatic amines is 1. The fourth-order valence-corrected chi connectivity index (χ4v) is 3.14. The molecule has 0 fully saturated rings. The Morgan fingerprint density at radius 2 is 2.00 bits per heavy atom. The van der Waals surface area contributed by atoms with Crippen LogP contribution in [0.5, 0.6) is 11.5 Å². The highest BCUT2D eigenvalue weighted by Crippen LogP contribution is 2.37. The Kier molecular flexibility index (Phi) is 5.42. The van der Waals surface area contributed by atoms with Gasteiger partial charge in [-0.2, -0.15) is 5.21 Å². The Balaban J connectivity index is 1.86. The van der Waals surface area contributed by atoms with Gasteiger partial charge in [0.1, 0.15) is 6.61 Å². The maximum absolute atomic E-state index is 6.03. The van der Waals surface area contributed by atoms with Gasteiger partial charge in [0.15, 0.2) is 11.5 Å². The summed E-state index contributed by atoms with van der Waals surface area (Å²) >= 11 is 14.1. The van der Waals surface area contributed by atoms with E-state index in [4.69, 9.17) is 32.7 Å². The van der Waals surface area contributed by atoms with Crippen LogP contribution in [0.1, 0.15) is 5.56 Å². The second-order valence-corrected chi connectivity index (χ2v) is 6.74. The number of rotatable bonds is 5. The molecule has 0 atom stereocenters. The molecule has 124 valence electrons. The fraction of sp³-hybridized carbons (Fsp3) is 0.133. The standard InChI is InChI=1S/C15H11Cl2IN4O2/c1-23-13-6-9(15-19-21-22-20-15)5-12(18)14(13)24-7-8-2-3-10(16)11(17)4-8/h2-6H,7H2,1H3,(H,19,20,21,22). The minimum Gasteiger partial charge on any atom is -0.493 e. The van der Waals surface area contributed by atoms with Crippen molar-refractivity contribution in [1.82, 2.24) is 20.6 Å². The summed E-state index contributed by atoms with van der Waals surface area (Å²) < 4.78 is 12.2. The van der Waals surface area contributed by atoms with Crippen LogP contribution in [0, 0.1) is 3.57 Å². The van der Waals surface area contributed by atoms with Crippen molar-refractivity contribution >= 4 is 45.8 Å². The van der Waals surface area contributed by atoms with Gasteiger partial charge in [-0.25, -0.2) is 0 Å². The Bertz CT molecular complexity index is 859. The highest BCUT2D eigenvalue weighted by atomic mass is 127. The summed E-state index contributed by atoms with van der Waals surface area (Å²) in [5.41, 5.74) is 1.69. The van der Waals surface area contributed by atoms with Crippen molar-refractivity contribution in [2.24, 2.45) is 0 Å². The summed E-state index contributed by atoms with van der Waals surface area (Å²) in [6.45, 7) is 0.338. The quantitative estimate of drug-likeness (QED) is 0.553. The monoisotopic (exact) mass is 476 g/mol. The summed E-state index contributed by atoms with van der Waals surface area (Å²) in [5.74, 6) is 1.71. The van der Waals surface area contributed by atoms with Gasteiger partial charge in [-0.3, -0.25) is 0 Å². The molecule has 0 saturated heterocycles. The molecule has 0 saturated carbocycles. The van der Waals surface area contributed by atoms with Crippen molar-refractivity contribution in [2.45, 2.75) is 6.61 Å². The zero-order chi connectivity index (χ0) is 17.1. The molecular weight excluding hydrogens is 466 g/mol. The lowest BCUT2D eigenvalue weighted by Crippen LogP contribution is -2.00. The highest BCUT2D eigenvalue weighted by molar-refractivity contribution is 14.1. The number of aromatic nitrogens is 4. The minimum absolute atomic E-state index is 0.338. The van der Waals surface area contributed by atoms with Gasteiger partial charge in [-0.15, -0.1) is 10.2 Å². The number of methoxy groups -OCH3 is 1. The summed E-state index contributed by atoms with van der Waals surface area (Å²) in [6.07, 6.45) is 0. The van der Waals surface area contributed by atoms with E-state index in [0.29, 0.717) is 34.0 Å². The smallest absolute Gasteiger partial charge is 0.204 e. The zero-order valence-corrected chi connectivity index (χ0v) is 16.1. The Morgan fingerprint density at radius 3 is 2.67 bits per heavy atom. The van der Waals surface area contributed by atoms with E-state index < -0.39 is 0 Å². The summed E-state index contributed by atoms with van der Waals surface area (Å²) in [6, 6.07) is 9.08. The van der Waals surface area contributed by atoms with Crippen LogP contribution in [0.3, 0.4) is 0 Å². The second kappa shape index (κ2) is 7.54. The van der Waals surface area contributed by atoms with Crippen LogP contribution in [-0.4, -0.2) is 27.7 Å². The van der Waals surface area contributed by atoms with E-state index in [2.05, 4.69) is 43.2 Å². The van der Waals surface area contributed by atoms with Gasteiger partial charge in [-0.1, -0.05) is 29.3 Å². The van der Waals surface area contributed by atoms with E-state index in [0.717, 1.165) is 14.7 Å². The molecule has 2 aromatic carbocycles. The Labute approximate surface area is 161 Å². The summed E-state index contributed by atoms with van der Waals surface area (Å²) in [4.78, 5) is 0. The molecule has 24 heavy (non-hydrogen) atoms. The minimum atomic E-state index is 0.338. The van der Waals surface area contributed by atoms with E-state index in [1.54, 1.807) is 25.3 Å². The summed E-state index contributed by atoms with van der Waals surface area (Å²) in [5, 5.41) is 14.9. The van der Waals surface area contributed by atoms with Gasteiger partial charge in [0.2, 0.25) is 5.82 Å². The molecule has 0 aliphatic carbocycles. The number of nitrogens with one attached hydrogen (secondary N) is 1. The Morgan fingerprint density at radius 1 is 1.17 bits per heavy atom. The van der Waals surface area contributed by atoms with Crippen molar-refractivity contribution < 1.29 is 9.47 Å². The molecule has 0 aliphatic heterocycles. The predicted molar refractivity (Wildman–Crippen MR) is 99.7 cm³/mol. The van der Waals surface area contributed by atoms with E-state index in [9.17, 15) is 0 Å². The highest BCUT2D eigenvalue weighted by Gasteiger charge is 2.15. The third-order valence-corrected chi connectivity index (χ3v) is 4.74. The maximum atomic E-state index is 6.03. The first-order valence-electron chi connectivity index (χ1n) is 6.76. The van der Waals surface area contributed by atoms with Crippen LogP contribution in [0.4, 0.5) is 0 Å². The second-order valence-electron chi connectivity index (χ2n) is 4.76. The molecule has 0 unspecified atom stereocenters. The first-order valence-corrected chi connectivity index (χ1v) is 8.60. The molecule has 3 rings (SSSR count). The molecule has 1 aromatic heterocycles.